The summed E-state index contributed by atoms with van der Waals surface area (Å²) in [5.41, 5.74) is 2.74. The van der Waals surface area contributed by atoms with Crippen molar-refractivity contribution < 1.29 is 13.2 Å². The fraction of sp³-hybridized carbons (Fsp3) is 0.682. The third kappa shape index (κ3) is 2.91. The zero-order valence-electron chi connectivity index (χ0n) is 17.5. The third-order valence-corrected chi connectivity index (χ3v) is 9.91. The van der Waals surface area contributed by atoms with E-state index in [-0.39, 0.29) is 17.0 Å². The highest BCUT2D eigenvalue weighted by Gasteiger charge is 2.65. The Bertz CT molecular complexity index is 900. The number of hydrogen-bond acceptors (Lipinski definition) is 4. The summed E-state index contributed by atoms with van der Waals surface area (Å²) in [4.78, 5) is 15.0. The van der Waals surface area contributed by atoms with Crippen LogP contribution in [0.15, 0.2) is 18.2 Å². The van der Waals surface area contributed by atoms with Gasteiger partial charge in [-0.3, -0.25) is 4.79 Å². The molecule has 0 unspecified atom stereocenters. The minimum Gasteiger partial charge on any atom is -0.369 e. The number of aryl methyl sites for hydroxylation is 2. The molecular formula is C22H32N2O3S. The van der Waals surface area contributed by atoms with Crippen molar-refractivity contribution in [1.82, 2.24) is 4.31 Å². The predicted octanol–water partition coefficient (Wildman–Crippen LogP) is 3.15. The summed E-state index contributed by atoms with van der Waals surface area (Å²) in [7, 11) is -3.45. The lowest BCUT2D eigenvalue weighted by Crippen LogP contribution is -2.52. The number of benzene rings is 1. The molecule has 28 heavy (non-hydrogen) atoms. The summed E-state index contributed by atoms with van der Waals surface area (Å²) in [6.45, 7) is 10.7. The van der Waals surface area contributed by atoms with Gasteiger partial charge in [0.05, 0.1) is 5.75 Å². The smallest absolute Gasteiger partial charge is 0.215 e. The van der Waals surface area contributed by atoms with E-state index < -0.39 is 15.4 Å². The molecule has 1 saturated heterocycles. The number of sulfonamides is 1. The van der Waals surface area contributed by atoms with Gasteiger partial charge >= 0.3 is 0 Å². The zero-order valence-corrected chi connectivity index (χ0v) is 18.3. The van der Waals surface area contributed by atoms with Crippen LogP contribution in [-0.4, -0.2) is 50.4 Å². The molecule has 154 valence electrons. The van der Waals surface area contributed by atoms with E-state index in [1.54, 1.807) is 4.31 Å². The molecule has 6 heteroatoms. The Morgan fingerprint density at radius 3 is 2.36 bits per heavy atom. The maximum Gasteiger partial charge on any atom is 0.215 e. The van der Waals surface area contributed by atoms with Crippen LogP contribution >= 0.6 is 0 Å². The van der Waals surface area contributed by atoms with E-state index in [1.807, 2.05) is 0 Å². The van der Waals surface area contributed by atoms with Gasteiger partial charge in [0.2, 0.25) is 10.0 Å². The maximum absolute atomic E-state index is 13.3. The lowest BCUT2D eigenvalue weighted by molar-refractivity contribution is -0.128. The molecule has 3 aliphatic rings. The number of carbonyl (C=O) groups excluding carboxylic acids is 1. The van der Waals surface area contributed by atoms with Crippen LogP contribution in [0.25, 0.3) is 0 Å². The molecule has 0 radical (unpaired) electrons. The van der Waals surface area contributed by atoms with Crippen LogP contribution < -0.4 is 4.90 Å². The van der Waals surface area contributed by atoms with Gasteiger partial charge in [-0.05, 0) is 55.2 Å². The first kappa shape index (κ1) is 19.9. The van der Waals surface area contributed by atoms with Crippen molar-refractivity contribution in [3.63, 3.8) is 0 Å². The van der Waals surface area contributed by atoms with Crippen molar-refractivity contribution >= 4 is 21.5 Å². The Morgan fingerprint density at radius 2 is 1.79 bits per heavy atom. The van der Waals surface area contributed by atoms with Gasteiger partial charge in [-0.15, -0.1) is 0 Å². The number of anilines is 1. The Morgan fingerprint density at radius 1 is 1.11 bits per heavy atom. The van der Waals surface area contributed by atoms with Crippen molar-refractivity contribution in [3.05, 3.63) is 29.3 Å². The van der Waals surface area contributed by atoms with Crippen LogP contribution in [0.3, 0.4) is 0 Å². The molecule has 1 aromatic rings. The molecule has 0 aromatic heterocycles. The molecule has 2 bridgehead atoms. The monoisotopic (exact) mass is 404 g/mol. The van der Waals surface area contributed by atoms with Gasteiger partial charge in [0, 0.05) is 43.7 Å². The van der Waals surface area contributed by atoms with E-state index >= 15 is 0 Å². The first-order chi connectivity index (χ1) is 13.1. The zero-order chi connectivity index (χ0) is 20.3. The summed E-state index contributed by atoms with van der Waals surface area (Å²) >= 11 is 0. The van der Waals surface area contributed by atoms with Crippen LogP contribution in [0, 0.1) is 30.6 Å². The number of piperazine rings is 1. The van der Waals surface area contributed by atoms with Gasteiger partial charge in [-0.2, -0.15) is 4.31 Å². The normalized spacial score (nSPS) is 30.2. The van der Waals surface area contributed by atoms with Crippen molar-refractivity contribution in [2.24, 2.45) is 16.7 Å². The summed E-state index contributed by atoms with van der Waals surface area (Å²) in [5, 5.41) is 0. The second-order valence-electron chi connectivity index (χ2n) is 9.60. The van der Waals surface area contributed by atoms with E-state index in [0.29, 0.717) is 38.5 Å². The van der Waals surface area contributed by atoms with Crippen molar-refractivity contribution in [2.75, 3.05) is 36.8 Å². The van der Waals surface area contributed by atoms with Crippen molar-refractivity contribution in [1.29, 1.82) is 0 Å². The molecule has 0 spiro atoms. The minimum atomic E-state index is -3.45. The Labute approximate surface area is 169 Å². The fourth-order valence-electron chi connectivity index (χ4n) is 5.78. The number of hydrogen-bond donors (Lipinski definition) is 0. The molecule has 5 nitrogen and oxygen atoms in total. The van der Waals surface area contributed by atoms with Crippen LogP contribution in [-0.2, 0) is 14.8 Å². The molecule has 2 atom stereocenters. The van der Waals surface area contributed by atoms with E-state index in [4.69, 9.17) is 0 Å². The van der Waals surface area contributed by atoms with Crippen LogP contribution in [0.2, 0.25) is 0 Å². The second kappa shape index (κ2) is 6.56. The number of Topliss-reactive ketones (excluding diaryl/α,β-unsaturated/α-hetero) is 1. The molecule has 3 fully saturated rings. The van der Waals surface area contributed by atoms with Gasteiger partial charge in [0.15, 0.2) is 0 Å². The highest BCUT2D eigenvalue weighted by Crippen LogP contribution is 2.64. The van der Waals surface area contributed by atoms with Crippen LogP contribution in [0.4, 0.5) is 5.69 Å². The minimum absolute atomic E-state index is 0.00813. The molecule has 1 heterocycles. The third-order valence-electron chi connectivity index (χ3n) is 7.91. The molecule has 2 aliphatic carbocycles. The number of carbonyl (C=O) groups is 1. The lowest BCUT2D eigenvalue weighted by atomic mass is 9.70. The topological polar surface area (TPSA) is 57.7 Å². The Kier molecular flexibility index (Phi) is 4.66. The lowest BCUT2D eigenvalue weighted by Gasteiger charge is -2.40. The molecule has 0 N–H and O–H groups in total. The van der Waals surface area contributed by atoms with Crippen molar-refractivity contribution in [2.45, 2.75) is 47.0 Å². The quantitative estimate of drug-likeness (QED) is 0.774. The maximum atomic E-state index is 13.3. The van der Waals surface area contributed by atoms with E-state index in [0.717, 1.165) is 12.8 Å². The average Bonchev–Trinajstić information content (AvgIpc) is 2.98. The standard InChI is InChI=1S/C22H32N2O3S/c1-16-5-6-17(2)19(13-16)23-9-11-24(12-10-23)28(26,27)15-22-8-7-18(14-20(22)25)21(22,3)4/h5-6,13,18H,7-12,14-15H2,1-4H3/t18-,22-/m1/s1. The van der Waals surface area contributed by atoms with Gasteiger partial charge < -0.3 is 4.90 Å². The molecule has 4 rings (SSSR count). The Hall–Kier alpha value is -1.40. The molecular weight excluding hydrogens is 372 g/mol. The molecule has 1 aromatic carbocycles. The van der Waals surface area contributed by atoms with E-state index in [9.17, 15) is 13.2 Å². The van der Waals surface area contributed by atoms with Crippen LogP contribution in [0.5, 0.6) is 0 Å². The first-order valence-corrected chi connectivity index (χ1v) is 12.0. The summed E-state index contributed by atoms with van der Waals surface area (Å²) in [6, 6.07) is 6.40. The molecule has 1 aliphatic heterocycles. The highest BCUT2D eigenvalue weighted by atomic mass is 32.2. The molecule has 0 amide bonds. The van der Waals surface area contributed by atoms with Gasteiger partial charge in [0.1, 0.15) is 5.78 Å². The van der Waals surface area contributed by atoms with Gasteiger partial charge in [-0.1, -0.05) is 26.0 Å². The SMILES string of the molecule is Cc1ccc(C)c(N2CCN(S(=O)(=O)C[C@]34CC[C@H](CC3=O)C4(C)C)CC2)c1. The van der Waals surface area contributed by atoms with Gasteiger partial charge in [0.25, 0.3) is 0 Å². The highest BCUT2D eigenvalue weighted by molar-refractivity contribution is 7.89. The first-order valence-electron chi connectivity index (χ1n) is 10.4. The number of fused-ring (bicyclic) bond motifs is 2. The summed E-state index contributed by atoms with van der Waals surface area (Å²) in [5.74, 6) is 0.508. The van der Waals surface area contributed by atoms with E-state index in [1.165, 1.54) is 16.8 Å². The number of ketones is 1. The molecule has 2 saturated carbocycles. The van der Waals surface area contributed by atoms with Crippen LogP contribution in [0.1, 0.15) is 44.2 Å². The number of nitrogens with zero attached hydrogens (tertiary/aromatic N) is 2. The summed E-state index contributed by atoms with van der Waals surface area (Å²) < 4.78 is 28.2. The summed E-state index contributed by atoms with van der Waals surface area (Å²) in [6.07, 6.45) is 2.27. The largest absolute Gasteiger partial charge is 0.369 e. The van der Waals surface area contributed by atoms with E-state index in [2.05, 4.69) is 50.8 Å². The van der Waals surface area contributed by atoms with Gasteiger partial charge in [-0.25, -0.2) is 8.42 Å². The Balaban J connectivity index is 1.49. The second-order valence-corrected chi connectivity index (χ2v) is 11.6. The predicted molar refractivity (Wildman–Crippen MR) is 112 cm³/mol. The van der Waals surface area contributed by atoms with Crippen molar-refractivity contribution in [3.8, 4) is 0 Å². The average molecular weight is 405 g/mol. The fourth-order valence-corrected chi connectivity index (χ4v) is 7.98. The number of rotatable bonds is 4.